The molecular formula is C16H12F3N3O2S. The smallest absolute Gasteiger partial charge is 0.200 e. The number of nitrogens with zero attached hydrogens (tertiary/aromatic N) is 2. The van der Waals surface area contributed by atoms with Gasteiger partial charge in [-0.3, -0.25) is 0 Å². The first-order chi connectivity index (χ1) is 11.8. The van der Waals surface area contributed by atoms with Gasteiger partial charge in [-0.1, -0.05) is 48.5 Å². The second-order valence-electron chi connectivity index (χ2n) is 5.11. The van der Waals surface area contributed by atoms with E-state index in [1.54, 1.807) is 24.3 Å². The van der Waals surface area contributed by atoms with Crippen LogP contribution in [0.3, 0.4) is 0 Å². The van der Waals surface area contributed by atoms with Crippen LogP contribution in [-0.2, 0) is 16.2 Å². The molecule has 0 aliphatic rings. The molecular weight excluding hydrogens is 355 g/mol. The van der Waals surface area contributed by atoms with Crippen molar-refractivity contribution in [1.82, 2.24) is 9.89 Å². The minimum Gasteiger partial charge on any atom is -0.200 e. The van der Waals surface area contributed by atoms with Gasteiger partial charge in [0.2, 0.25) is 0 Å². The van der Waals surface area contributed by atoms with Gasteiger partial charge in [-0.15, -0.1) is 5.10 Å². The topological polar surface area (TPSA) is 64.0 Å². The Labute approximate surface area is 141 Å². The summed E-state index contributed by atoms with van der Waals surface area (Å²) in [5.74, 6) is 0. The Kier molecular flexibility index (Phi) is 4.25. The molecule has 25 heavy (non-hydrogen) atoms. The zero-order valence-electron chi connectivity index (χ0n) is 12.6. The predicted molar refractivity (Wildman–Crippen MR) is 85.7 cm³/mol. The molecule has 0 spiro atoms. The molecule has 130 valence electrons. The largest absolute Gasteiger partial charge is 0.435 e. The van der Waals surface area contributed by atoms with Crippen molar-refractivity contribution in [2.24, 2.45) is 0 Å². The van der Waals surface area contributed by atoms with Crippen LogP contribution in [0.4, 0.5) is 13.2 Å². The van der Waals surface area contributed by atoms with E-state index in [-0.39, 0.29) is 16.0 Å². The number of aromatic nitrogens is 2. The first kappa shape index (κ1) is 17.0. The Morgan fingerprint density at radius 1 is 0.920 bits per heavy atom. The van der Waals surface area contributed by atoms with E-state index in [1.165, 1.54) is 36.4 Å². The van der Waals surface area contributed by atoms with E-state index in [2.05, 4.69) is 5.10 Å². The lowest BCUT2D eigenvalue weighted by Gasteiger charge is -2.07. The summed E-state index contributed by atoms with van der Waals surface area (Å²) >= 11 is 0. The molecule has 0 radical (unpaired) electrons. The molecule has 0 aliphatic carbocycles. The van der Waals surface area contributed by atoms with Crippen LogP contribution < -0.4 is 4.83 Å². The Bertz CT molecular complexity index is 969. The van der Waals surface area contributed by atoms with Gasteiger partial charge in [-0.2, -0.15) is 31.2 Å². The summed E-state index contributed by atoms with van der Waals surface area (Å²) in [6, 6.07) is 15.1. The maximum Gasteiger partial charge on any atom is 0.435 e. The van der Waals surface area contributed by atoms with Crippen LogP contribution in [0.25, 0.3) is 11.1 Å². The van der Waals surface area contributed by atoms with Gasteiger partial charge in [0, 0.05) is 5.56 Å². The Morgan fingerprint density at radius 2 is 1.48 bits per heavy atom. The van der Waals surface area contributed by atoms with Crippen LogP contribution in [0.1, 0.15) is 5.69 Å². The van der Waals surface area contributed by atoms with Crippen molar-refractivity contribution in [2.75, 3.05) is 4.83 Å². The molecule has 0 bridgehead atoms. The number of hydrogen-bond donors (Lipinski definition) is 1. The van der Waals surface area contributed by atoms with Crippen LogP contribution in [0, 0.1) is 0 Å². The minimum absolute atomic E-state index is 0.0830. The molecule has 1 heterocycles. The van der Waals surface area contributed by atoms with Crippen LogP contribution in [0.15, 0.2) is 71.8 Å². The van der Waals surface area contributed by atoms with E-state index in [0.717, 1.165) is 6.20 Å². The molecule has 0 atom stereocenters. The normalized spacial score (nSPS) is 12.1. The highest BCUT2D eigenvalue weighted by molar-refractivity contribution is 7.92. The summed E-state index contributed by atoms with van der Waals surface area (Å²) in [6.07, 6.45) is -3.73. The molecule has 1 aromatic heterocycles. The average Bonchev–Trinajstić information content (AvgIpc) is 3.00. The predicted octanol–water partition coefficient (Wildman–Crippen LogP) is 3.50. The molecule has 0 amide bonds. The number of benzene rings is 2. The number of nitrogens with one attached hydrogen (secondary N) is 1. The van der Waals surface area contributed by atoms with Crippen molar-refractivity contribution in [3.63, 3.8) is 0 Å². The number of sulfonamides is 1. The summed E-state index contributed by atoms with van der Waals surface area (Å²) < 4.78 is 64.3. The molecule has 3 aromatic rings. The average molecular weight is 367 g/mol. The molecule has 9 heteroatoms. The van der Waals surface area contributed by atoms with Gasteiger partial charge in [0.15, 0.2) is 5.69 Å². The standard InChI is InChI=1S/C16H12F3N3O2S/c17-16(18,19)15-14(12-7-3-1-4-8-12)11-22(20-15)21-25(23,24)13-9-5-2-6-10-13/h1-11,21H. The minimum atomic E-state index is -4.73. The van der Waals surface area contributed by atoms with Gasteiger partial charge in [-0.25, -0.2) is 0 Å². The number of hydrogen-bond acceptors (Lipinski definition) is 3. The van der Waals surface area contributed by atoms with Gasteiger partial charge < -0.3 is 0 Å². The van der Waals surface area contributed by atoms with Crippen molar-refractivity contribution in [3.05, 3.63) is 72.6 Å². The van der Waals surface area contributed by atoms with Crippen molar-refractivity contribution in [3.8, 4) is 11.1 Å². The fourth-order valence-electron chi connectivity index (χ4n) is 2.23. The summed E-state index contributed by atoms with van der Waals surface area (Å²) in [4.78, 5) is 2.49. The zero-order chi connectivity index (χ0) is 18.1. The first-order valence-electron chi connectivity index (χ1n) is 7.07. The summed E-state index contributed by atoms with van der Waals surface area (Å²) in [5.41, 5.74) is -1.11. The summed E-state index contributed by atoms with van der Waals surface area (Å²) in [6.45, 7) is 0. The summed E-state index contributed by atoms with van der Waals surface area (Å²) in [5, 5.41) is 3.37. The van der Waals surface area contributed by atoms with E-state index in [9.17, 15) is 21.6 Å². The molecule has 0 saturated carbocycles. The van der Waals surface area contributed by atoms with E-state index in [4.69, 9.17) is 0 Å². The second-order valence-corrected chi connectivity index (χ2v) is 6.77. The van der Waals surface area contributed by atoms with Gasteiger partial charge in [0.25, 0.3) is 10.0 Å². The lowest BCUT2D eigenvalue weighted by molar-refractivity contribution is -0.140. The Balaban J connectivity index is 2.03. The van der Waals surface area contributed by atoms with Crippen molar-refractivity contribution in [1.29, 1.82) is 0 Å². The third-order valence-electron chi connectivity index (χ3n) is 3.33. The summed E-state index contributed by atoms with van der Waals surface area (Å²) in [7, 11) is -4.06. The van der Waals surface area contributed by atoms with Gasteiger partial charge >= 0.3 is 6.18 Å². The van der Waals surface area contributed by atoms with E-state index in [0.29, 0.717) is 4.79 Å². The fraction of sp³-hybridized carbons (Fsp3) is 0.0625. The zero-order valence-corrected chi connectivity index (χ0v) is 13.4. The van der Waals surface area contributed by atoms with E-state index >= 15 is 0 Å². The van der Waals surface area contributed by atoms with Crippen molar-refractivity contribution >= 4 is 10.0 Å². The SMILES string of the molecule is O=S(=O)(Nn1cc(-c2ccccc2)c(C(F)(F)F)n1)c1ccccc1. The number of halogens is 3. The molecule has 1 N–H and O–H groups in total. The maximum atomic E-state index is 13.3. The lowest BCUT2D eigenvalue weighted by atomic mass is 10.1. The third-order valence-corrected chi connectivity index (χ3v) is 4.65. The monoisotopic (exact) mass is 367 g/mol. The molecule has 0 fully saturated rings. The van der Waals surface area contributed by atoms with Gasteiger partial charge in [-0.05, 0) is 17.7 Å². The highest BCUT2D eigenvalue weighted by Gasteiger charge is 2.38. The highest BCUT2D eigenvalue weighted by atomic mass is 32.2. The number of rotatable bonds is 4. The van der Waals surface area contributed by atoms with Crippen molar-refractivity contribution in [2.45, 2.75) is 11.1 Å². The lowest BCUT2D eigenvalue weighted by Crippen LogP contribution is -2.24. The molecule has 0 unspecified atom stereocenters. The fourth-order valence-corrected chi connectivity index (χ4v) is 3.20. The van der Waals surface area contributed by atoms with Crippen LogP contribution >= 0.6 is 0 Å². The Hall–Kier alpha value is -2.81. The van der Waals surface area contributed by atoms with Crippen molar-refractivity contribution < 1.29 is 21.6 Å². The molecule has 2 aromatic carbocycles. The van der Waals surface area contributed by atoms with Gasteiger partial charge in [0.1, 0.15) is 0 Å². The Morgan fingerprint density at radius 3 is 2.04 bits per heavy atom. The quantitative estimate of drug-likeness (QED) is 0.768. The molecule has 3 rings (SSSR count). The van der Waals surface area contributed by atoms with Crippen LogP contribution in [0.2, 0.25) is 0 Å². The van der Waals surface area contributed by atoms with Crippen LogP contribution in [0.5, 0.6) is 0 Å². The number of alkyl halides is 3. The molecule has 5 nitrogen and oxygen atoms in total. The molecule has 0 saturated heterocycles. The molecule has 0 aliphatic heterocycles. The first-order valence-corrected chi connectivity index (χ1v) is 8.56. The van der Waals surface area contributed by atoms with E-state index in [1.807, 2.05) is 4.83 Å². The van der Waals surface area contributed by atoms with Crippen LogP contribution in [-0.4, -0.2) is 18.3 Å². The third kappa shape index (κ3) is 3.66. The van der Waals surface area contributed by atoms with Gasteiger partial charge in [0.05, 0.1) is 11.1 Å². The van der Waals surface area contributed by atoms with E-state index < -0.39 is 21.9 Å². The second kappa shape index (κ2) is 6.25. The highest BCUT2D eigenvalue weighted by Crippen LogP contribution is 2.35. The maximum absolute atomic E-state index is 13.3.